The largest absolute Gasteiger partial charge is 0.508 e. The quantitative estimate of drug-likeness (QED) is 0.757. The highest BCUT2D eigenvalue weighted by Crippen LogP contribution is 2.22. The normalized spacial score (nSPS) is 10.1. The van der Waals surface area contributed by atoms with E-state index in [1.54, 1.807) is 12.1 Å². The van der Waals surface area contributed by atoms with Crippen LogP contribution in [0.3, 0.4) is 0 Å². The summed E-state index contributed by atoms with van der Waals surface area (Å²) in [4.78, 5) is 12.5. The molecule has 2 rings (SSSR count). The molecule has 0 saturated heterocycles. The molecular formula is C15H13ClN2O2S. The van der Waals surface area contributed by atoms with Crippen LogP contribution in [0.5, 0.6) is 5.75 Å². The Morgan fingerprint density at radius 3 is 2.52 bits per heavy atom. The number of carbonyl (C=O) groups excluding carboxylic acids is 1. The Kier molecular flexibility index (Phi) is 4.77. The average molecular weight is 321 g/mol. The first-order valence-electron chi connectivity index (χ1n) is 6.13. The highest BCUT2D eigenvalue weighted by atomic mass is 35.5. The SMILES string of the molecule is NC(=S)Cc1ccc(NC(=O)c2cc(O)ccc2Cl)cc1. The number of carbonyl (C=O) groups is 1. The number of hydrogen-bond acceptors (Lipinski definition) is 3. The van der Waals surface area contributed by atoms with Gasteiger partial charge in [-0.2, -0.15) is 0 Å². The third-order valence-corrected chi connectivity index (χ3v) is 3.26. The minimum Gasteiger partial charge on any atom is -0.508 e. The fraction of sp³-hybridized carbons (Fsp3) is 0.0667. The number of thiocarbonyl (C=S) groups is 1. The van der Waals surface area contributed by atoms with Crippen molar-refractivity contribution in [2.75, 3.05) is 5.32 Å². The van der Waals surface area contributed by atoms with Crippen LogP contribution in [0.4, 0.5) is 5.69 Å². The summed E-state index contributed by atoms with van der Waals surface area (Å²) in [5.41, 5.74) is 7.27. The lowest BCUT2D eigenvalue weighted by atomic mass is 10.1. The molecule has 21 heavy (non-hydrogen) atoms. The van der Waals surface area contributed by atoms with Crippen LogP contribution >= 0.6 is 23.8 Å². The molecule has 0 saturated carbocycles. The van der Waals surface area contributed by atoms with Crippen LogP contribution in [0, 0.1) is 0 Å². The molecule has 0 aromatic heterocycles. The number of amides is 1. The molecule has 0 atom stereocenters. The van der Waals surface area contributed by atoms with E-state index in [-0.39, 0.29) is 16.3 Å². The molecule has 0 aliphatic carbocycles. The van der Waals surface area contributed by atoms with Crippen LogP contribution in [-0.4, -0.2) is 16.0 Å². The zero-order valence-electron chi connectivity index (χ0n) is 11.0. The zero-order chi connectivity index (χ0) is 15.4. The molecule has 0 heterocycles. The monoisotopic (exact) mass is 320 g/mol. The van der Waals surface area contributed by atoms with Crippen LogP contribution in [0.25, 0.3) is 0 Å². The van der Waals surface area contributed by atoms with Gasteiger partial charge in [0, 0.05) is 12.1 Å². The molecule has 0 unspecified atom stereocenters. The topological polar surface area (TPSA) is 75.3 Å². The molecule has 6 heteroatoms. The summed E-state index contributed by atoms with van der Waals surface area (Å²) in [5, 5.41) is 12.4. The molecule has 2 aromatic rings. The smallest absolute Gasteiger partial charge is 0.257 e. The molecular weight excluding hydrogens is 308 g/mol. The summed E-state index contributed by atoms with van der Waals surface area (Å²) in [6.45, 7) is 0. The second kappa shape index (κ2) is 6.56. The zero-order valence-corrected chi connectivity index (χ0v) is 12.5. The van der Waals surface area contributed by atoms with Crippen molar-refractivity contribution in [3.8, 4) is 5.75 Å². The van der Waals surface area contributed by atoms with E-state index < -0.39 is 5.91 Å². The van der Waals surface area contributed by atoms with Crippen molar-refractivity contribution in [3.05, 3.63) is 58.6 Å². The van der Waals surface area contributed by atoms with E-state index in [1.165, 1.54) is 18.2 Å². The van der Waals surface area contributed by atoms with Crippen molar-refractivity contribution >= 4 is 40.4 Å². The Bertz CT molecular complexity index is 687. The van der Waals surface area contributed by atoms with Crippen molar-refractivity contribution in [1.82, 2.24) is 0 Å². The van der Waals surface area contributed by atoms with E-state index in [2.05, 4.69) is 5.32 Å². The van der Waals surface area contributed by atoms with Gasteiger partial charge >= 0.3 is 0 Å². The fourth-order valence-electron chi connectivity index (χ4n) is 1.79. The second-order valence-electron chi connectivity index (χ2n) is 4.46. The predicted octanol–water partition coefficient (Wildman–Crippen LogP) is 3.13. The highest BCUT2D eigenvalue weighted by molar-refractivity contribution is 7.80. The average Bonchev–Trinajstić information content (AvgIpc) is 2.43. The van der Waals surface area contributed by atoms with E-state index in [0.29, 0.717) is 17.1 Å². The molecule has 108 valence electrons. The Balaban J connectivity index is 2.12. The maximum Gasteiger partial charge on any atom is 0.257 e. The third-order valence-electron chi connectivity index (χ3n) is 2.78. The standard InChI is InChI=1S/C15H13ClN2O2S/c16-13-6-5-11(19)8-12(13)15(20)18-10-3-1-9(2-4-10)7-14(17)21/h1-6,8,19H,7H2,(H2,17,21)(H,18,20). The number of phenolic OH excluding ortho intramolecular Hbond substituents is 1. The molecule has 0 radical (unpaired) electrons. The van der Waals surface area contributed by atoms with Crippen LogP contribution in [0.2, 0.25) is 5.02 Å². The van der Waals surface area contributed by atoms with Gasteiger partial charge in [0.25, 0.3) is 5.91 Å². The molecule has 0 aliphatic heterocycles. The summed E-state index contributed by atoms with van der Waals surface area (Å²) in [7, 11) is 0. The van der Waals surface area contributed by atoms with Gasteiger partial charge in [-0.1, -0.05) is 36.0 Å². The molecule has 4 nitrogen and oxygen atoms in total. The van der Waals surface area contributed by atoms with Gasteiger partial charge < -0.3 is 16.2 Å². The Hall–Kier alpha value is -2.11. The Labute approximate surface area is 132 Å². The lowest BCUT2D eigenvalue weighted by molar-refractivity contribution is 0.102. The molecule has 0 aliphatic rings. The number of hydrogen-bond donors (Lipinski definition) is 3. The van der Waals surface area contributed by atoms with Gasteiger partial charge in [-0.15, -0.1) is 0 Å². The van der Waals surface area contributed by atoms with Crippen molar-refractivity contribution < 1.29 is 9.90 Å². The van der Waals surface area contributed by atoms with Gasteiger partial charge in [0.05, 0.1) is 15.6 Å². The minimum absolute atomic E-state index is 0.0173. The minimum atomic E-state index is -0.391. The second-order valence-corrected chi connectivity index (χ2v) is 5.39. The van der Waals surface area contributed by atoms with Crippen molar-refractivity contribution in [3.63, 3.8) is 0 Å². The van der Waals surface area contributed by atoms with Gasteiger partial charge in [0.15, 0.2) is 0 Å². The van der Waals surface area contributed by atoms with Gasteiger partial charge in [-0.3, -0.25) is 4.79 Å². The number of halogens is 1. The molecule has 0 bridgehead atoms. The number of nitrogens with one attached hydrogen (secondary N) is 1. The van der Waals surface area contributed by atoms with Crippen molar-refractivity contribution in [1.29, 1.82) is 0 Å². The van der Waals surface area contributed by atoms with E-state index in [9.17, 15) is 9.90 Å². The van der Waals surface area contributed by atoms with Crippen molar-refractivity contribution in [2.45, 2.75) is 6.42 Å². The van der Waals surface area contributed by atoms with Gasteiger partial charge in [-0.25, -0.2) is 0 Å². The van der Waals surface area contributed by atoms with Gasteiger partial charge in [0.2, 0.25) is 0 Å². The van der Waals surface area contributed by atoms with Crippen LogP contribution in [0.1, 0.15) is 15.9 Å². The van der Waals surface area contributed by atoms with E-state index in [4.69, 9.17) is 29.6 Å². The maximum absolute atomic E-state index is 12.1. The summed E-state index contributed by atoms with van der Waals surface area (Å²) in [5.74, 6) is -0.408. The number of anilines is 1. The summed E-state index contributed by atoms with van der Waals surface area (Å²) in [6.07, 6.45) is 0.516. The predicted molar refractivity (Wildman–Crippen MR) is 88.0 cm³/mol. The van der Waals surface area contributed by atoms with Crippen LogP contribution in [0.15, 0.2) is 42.5 Å². The lowest BCUT2D eigenvalue weighted by Crippen LogP contribution is -2.13. The number of benzene rings is 2. The van der Waals surface area contributed by atoms with Gasteiger partial charge in [-0.05, 0) is 35.9 Å². The molecule has 1 amide bonds. The molecule has 2 aromatic carbocycles. The van der Waals surface area contributed by atoms with E-state index >= 15 is 0 Å². The first-order valence-corrected chi connectivity index (χ1v) is 6.91. The first kappa shape index (κ1) is 15.3. The molecule has 0 spiro atoms. The summed E-state index contributed by atoms with van der Waals surface area (Å²) >= 11 is 10.8. The van der Waals surface area contributed by atoms with Gasteiger partial charge in [0.1, 0.15) is 5.75 Å². The fourth-order valence-corrected chi connectivity index (χ4v) is 2.16. The molecule has 4 N–H and O–H groups in total. The maximum atomic E-state index is 12.1. The Morgan fingerprint density at radius 1 is 1.24 bits per heavy atom. The molecule has 0 fully saturated rings. The van der Waals surface area contributed by atoms with Crippen molar-refractivity contribution in [2.24, 2.45) is 5.73 Å². The van der Waals surface area contributed by atoms with E-state index in [1.807, 2.05) is 12.1 Å². The van der Waals surface area contributed by atoms with E-state index in [0.717, 1.165) is 5.56 Å². The van der Waals surface area contributed by atoms with Crippen LogP contribution < -0.4 is 11.1 Å². The third kappa shape index (κ3) is 4.18. The van der Waals surface area contributed by atoms with Crippen LogP contribution in [-0.2, 0) is 6.42 Å². The summed E-state index contributed by atoms with van der Waals surface area (Å²) in [6, 6.07) is 11.4. The first-order chi connectivity index (χ1) is 9.95. The Morgan fingerprint density at radius 2 is 1.90 bits per heavy atom. The number of aromatic hydroxyl groups is 1. The number of nitrogens with two attached hydrogens (primary N) is 1. The lowest BCUT2D eigenvalue weighted by Gasteiger charge is -2.08. The number of rotatable bonds is 4. The highest BCUT2D eigenvalue weighted by Gasteiger charge is 2.11. The number of phenols is 1. The summed E-state index contributed by atoms with van der Waals surface area (Å²) < 4.78 is 0.